The quantitative estimate of drug-likeness (QED) is 0.776. The zero-order valence-corrected chi connectivity index (χ0v) is 8.25. The molecular weight excluding hydrogens is 200 g/mol. The average Bonchev–Trinajstić information content (AvgIpc) is 2.71. The molecule has 0 saturated heterocycles. The number of H-pyrrole nitrogens is 1. The Hall–Kier alpha value is -1.63. The van der Waals surface area contributed by atoms with Crippen LogP contribution in [0.15, 0.2) is 28.9 Å². The largest absolute Gasteiger partial charge is 0.372 e. The molecule has 0 bridgehead atoms. The summed E-state index contributed by atoms with van der Waals surface area (Å²) in [7, 11) is 1.80. The molecule has 0 spiro atoms. The maximum Gasteiger partial charge on any atom is 0.189 e. The number of anilines is 1. The standard InChI is InChI=1S/C7H8N6S/c1-8-5-2-9-3-6(12-5)14-7-10-4-11-13-7/h2-4H,1H3,(H,8,12)(H,10,11,13). The van der Waals surface area contributed by atoms with Gasteiger partial charge in [0.1, 0.15) is 17.2 Å². The Morgan fingerprint density at radius 2 is 2.36 bits per heavy atom. The monoisotopic (exact) mass is 208 g/mol. The number of nitrogens with one attached hydrogen (secondary N) is 2. The first-order valence-electron chi connectivity index (χ1n) is 3.91. The van der Waals surface area contributed by atoms with Gasteiger partial charge in [0.25, 0.3) is 0 Å². The van der Waals surface area contributed by atoms with Gasteiger partial charge in [0.15, 0.2) is 5.16 Å². The van der Waals surface area contributed by atoms with Crippen LogP contribution in [0.1, 0.15) is 0 Å². The highest BCUT2D eigenvalue weighted by atomic mass is 32.2. The van der Waals surface area contributed by atoms with Gasteiger partial charge in [-0.1, -0.05) is 0 Å². The first kappa shape index (κ1) is 8.95. The van der Waals surface area contributed by atoms with Crippen molar-refractivity contribution in [2.75, 3.05) is 12.4 Å². The molecule has 7 heteroatoms. The molecule has 0 radical (unpaired) electrons. The van der Waals surface area contributed by atoms with E-state index in [2.05, 4.69) is 30.5 Å². The summed E-state index contributed by atoms with van der Waals surface area (Å²) in [4.78, 5) is 12.3. The first-order valence-corrected chi connectivity index (χ1v) is 4.73. The fraction of sp³-hybridized carbons (Fsp3) is 0.143. The third-order valence-corrected chi connectivity index (χ3v) is 2.26. The van der Waals surface area contributed by atoms with Crippen LogP contribution in [-0.2, 0) is 0 Å². The number of aromatic nitrogens is 5. The summed E-state index contributed by atoms with van der Waals surface area (Å²) in [6.07, 6.45) is 4.79. The van der Waals surface area contributed by atoms with E-state index in [9.17, 15) is 0 Å². The number of aromatic amines is 1. The molecule has 2 aromatic heterocycles. The van der Waals surface area contributed by atoms with Gasteiger partial charge in [0, 0.05) is 7.05 Å². The van der Waals surface area contributed by atoms with Crippen molar-refractivity contribution in [1.29, 1.82) is 0 Å². The van der Waals surface area contributed by atoms with E-state index in [1.165, 1.54) is 18.1 Å². The van der Waals surface area contributed by atoms with Crippen molar-refractivity contribution < 1.29 is 0 Å². The molecule has 6 nitrogen and oxygen atoms in total. The molecule has 0 amide bonds. The topological polar surface area (TPSA) is 79.4 Å². The summed E-state index contributed by atoms with van der Waals surface area (Å²) in [5.41, 5.74) is 0. The Labute approximate surface area is 84.6 Å². The Morgan fingerprint density at radius 3 is 3.07 bits per heavy atom. The minimum atomic E-state index is 0.701. The van der Waals surface area contributed by atoms with Gasteiger partial charge in [-0.25, -0.2) is 9.97 Å². The van der Waals surface area contributed by atoms with Crippen LogP contribution in [0.3, 0.4) is 0 Å². The number of rotatable bonds is 3. The van der Waals surface area contributed by atoms with Crippen molar-refractivity contribution in [2.45, 2.75) is 10.2 Å². The third-order valence-electron chi connectivity index (χ3n) is 1.46. The maximum atomic E-state index is 4.27. The molecule has 14 heavy (non-hydrogen) atoms. The van der Waals surface area contributed by atoms with Crippen molar-refractivity contribution in [1.82, 2.24) is 25.1 Å². The van der Waals surface area contributed by atoms with Crippen molar-refractivity contribution in [3.63, 3.8) is 0 Å². The Balaban J connectivity index is 2.17. The SMILES string of the molecule is CNc1cncc(Sc2ncn[nH]2)n1. The molecule has 0 fully saturated rings. The van der Waals surface area contributed by atoms with E-state index in [1.54, 1.807) is 19.4 Å². The zero-order chi connectivity index (χ0) is 9.80. The second-order valence-corrected chi connectivity index (χ2v) is 3.39. The molecule has 0 saturated carbocycles. The van der Waals surface area contributed by atoms with Crippen LogP contribution in [0, 0.1) is 0 Å². The molecule has 0 aliphatic carbocycles. The lowest BCUT2D eigenvalue weighted by atomic mass is 10.7. The van der Waals surface area contributed by atoms with E-state index in [1.807, 2.05) is 0 Å². The number of hydrogen-bond donors (Lipinski definition) is 2. The molecule has 0 atom stereocenters. The van der Waals surface area contributed by atoms with Gasteiger partial charge in [-0.3, -0.25) is 10.1 Å². The van der Waals surface area contributed by atoms with Gasteiger partial charge < -0.3 is 5.32 Å². The fourth-order valence-corrected chi connectivity index (χ4v) is 1.51. The van der Waals surface area contributed by atoms with Crippen LogP contribution in [0.25, 0.3) is 0 Å². The average molecular weight is 208 g/mol. The van der Waals surface area contributed by atoms with Gasteiger partial charge in [0.2, 0.25) is 0 Å². The summed E-state index contributed by atoms with van der Waals surface area (Å²) in [5, 5.41) is 10.9. The summed E-state index contributed by atoms with van der Waals surface area (Å²) in [6.45, 7) is 0. The van der Waals surface area contributed by atoms with E-state index in [-0.39, 0.29) is 0 Å². The lowest BCUT2D eigenvalue weighted by Gasteiger charge is -1.99. The van der Waals surface area contributed by atoms with Crippen LogP contribution in [0.5, 0.6) is 0 Å². The van der Waals surface area contributed by atoms with Crippen LogP contribution < -0.4 is 5.32 Å². The second kappa shape index (κ2) is 4.05. The summed E-state index contributed by atoms with van der Waals surface area (Å²) in [5.74, 6) is 0.731. The molecule has 2 aromatic rings. The van der Waals surface area contributed by atoms with E-state index < -0.39 is 0 Å². The molecule has 0 unspecified atom stereocenters. The van der Waals surface area contributed by atoms with Crippen molar-refractivity contribution in [3.8, 4) is 0 Å². The lowest BCUT2D eigenvalue weighted by molar-refractivity contribution is 0.963. The minimum absolute atomic E-state index is 0.701. The Morgan fingerprint density at radius 1 is 1.43 bits per heavy atom. The number of hydrogen-bond acceptors (Lipinski definition) is 6. The van der Waals surface area contributed by atoms with Crippen LogP contribution in [0.2, 0.25) is 0 Å². The predicted octanol–water partition coefficient (Wildman–Crippen LogP) is 0.788. The van der Waals surface area contributed by atoms with E-state index in [0.717, 1.165) is 10.8 Å². The molecule has 2 N–H and O–H groups in total. The fourth-order valence-electron chi connectivity index (χ4n) is 0.860. The molecule has 0 aliphatic rings. The normalized spacial score (nSPS) is 10.1. The third kappa shape index (κ3) is 1.99. The van der Waals surface area contributed by atoms with E-state index >= 15 is 0 Å². The van der Waals surface area contributed by atoms with Gasteiger partial charge in [0.05, 0.1) is 12.4 Å². The number of nitrogens with zero attached hydrogens (tertiary/aromatic N) is 4. The van der Waals surface area contributed by atoms with Crippen LogP contribution in [-0.4, -0.2) is 32.2 Å². The minimum Gasteiger partial charge on any atom is -0.372 e. The van der Waals surface area contributed by atoms with Gasteiger partial charge in [-0.15, -0.1) is 0 Å². The smallest absolute Gasteiger partial charge is 0.189 e. The maximum absolute atomic E-state index is 4.27. The predicted molar refractivity (Wildman–Crippen MR) is 52.1 cm³/mol. The second-order valence-electron chi connectivity index (χ2n) is 2.39. The Bertz CT molecular complexity index is 400. The van der Waals surface area contributed by atoms with Crippen molar-refractivity contribution >= 4 is 17.6 Å². The lowest BCUT2D eigenvalue weighted by Crippen LogP contribution is -1.94. The van der Waals surface area contributed by atoms with Gasteiger partial charge in [-0.05, 0) is 11.8 Å². The summed E-state index contributed by atoms with van der Waals surface area (Å²) < 4.78 is 0. The first-order chi connectivity index (χ1) is 6.88. The van der Waals surface area contributed by atoms with Gasteiger partial charge >= 0.3 is 0 Å². The zero-order valence-electron chi connectivity index (χ0n) is 7.43. The summed E-state index contributed by atoms with van der Waals surface area (Å²) >= 11 is 1.38. The highest BCUT2D eigenvalue weighted by Gasteiger charge is 2.02. The van der Waals surface area contributed by atoms with Crippen molar-refractivity contribution in [2.24, 2.45) is 0 Å². The van der Waals surface area contributed by atoms with E-state index in [0.29, 0.717) is 5.16 Å². The van der Waals surface area contributed by atoms with E-state index in [4.69, 9.17) is 0 Å². The molecule has 0 aliphatic heterocycles. The Kier molecular flexibility index (Phi) is 2.59. The van der Waals surface area contributed by atoms with Crippen molar-refractivity contribution in [3.05, 3.63) is 18.7 Å². The van der Waals surface area contributed by atoms with Crippen LogP contribution >= 0.6 is 11.8 Å². The molecule has 2 heterocycles. The van der Waals surface area contributed by atoms with Gasteiger partial charge in [-0.2, -0.15) is 5.10 Å². The highest BCUT2D eigenvalue weighted by Crippen LogP contribution is 2.21. The van der Waals surface area contributed by atoms with Crippen LogP contribution in [0.4, 0.5) is 5.82 Å². The molecule has 0 aromatic carbocycles. The molecular formula is C7H8N6S. The molecule has 2 rings (SSSR count). The molecule has 72 valence electrons. The summed E-state index contributed by atoms with van der Waals surface area (Å²) in [6, 6.07) is 0. The highest BCUT2D eigenvalue weighted by molar-refractivity contribution is 7.99.